The van der Waals surface area contributed by atoms with Gasteiger partial charge in [-0.25, -0.2) is 0 Å². The molecule has 0 amide bonds. The van der Waals surface area contributed by atoms with Gasteiger partial charge in [-0.3, -0.25) is 4.99 Å². The van der Waals surface area contributed by atoms with E-state index in [1.165, 1.54) is 25.0 Å². The van der Waals surface area contributed by atoms with Crippen molar-refractivity contribution in [2.24, 2.45) is 10.9 Å². The van der Waals surface area contributed by atoms with Gasteiger partial charge in [0.15, 0.2) is 5.17 Å². The van der Waals surface area contributed by atoms with Gasteiger partial charge in [0, 0.05) is 11.8 Å². The van der Waals surface area contributed by atoms with E-state index in [0.29, 0.717) is 12.1 Å². The fourth-order valence-corrected chi connectivity index (χ4v) is 3.53. The maximum absolute atomic E-state index is 5.48. The van der Waals surface area contributed by atoms with Gasteiger partial charge in [-0.1, -0.05) is 18.2 Å². The lowest BCUT2D eigenvalue weighted by molar-refractivity contribution is 0.0853. The molecule has 2 rings (SSSR count). The Morgan fingerprint density at radius 3 is 3.19 bits per heavy atom. The van der Waals surface area contributed by atoms with Crippen molar-refractivity contribution in [2.45, 2.75) is 45.3 Å². The summed E-state index contributed by atoms with van der Waals surface area (Å²) < 4.78 is 5.48. The molecular weight excluding hydrogens is 220 g/mol. The van der Waals surface area contributed by atoms with Gasteiger partial charge in [-0.15, -0.1) is 0 Å². The van der Waals surface area contributed by atoms with Crippen molar-refractivity contribution >= 4 is 16.9 Å². The highest BCUT2D eigenvalue weighted by atomic mass is 32.2. The van der Waals surface area contributed by atoms with E-state index < -0.39 is 0 Å². The SMILES string of the molecule is CC(C)OCCN=C1NC2CCCC2CS1. The Balaban J connectivity index is 1.71. The highest BCUT2D eigenvalue weighted by molar-refractivity contribution is 8.13. The van der Waals surface area contributed by atoms with E-state index in [-0.39, 0.29) is 0 Å². The highest BCUT2D eigenvalue weighted by Crippen LogP contribution is 2.32. The van der Waals surface area contributed by atoms with Crippen LogP contribution in [0.15, 0.2) is 4.99 Å². The zero-order valence-corrected chi connectivity index (χ0v) is 11.1. The number of hydrogen-bond acceptors (Lipinski definition) is 3. The molecule has 16 heavy (non-hydrogen) atoms. The molecule has 0 aromatic carbocycles. The Morgan fingerprint density at radius 1 is 1.50 bits per heavy atom. The van der Waals surface area contributed by atoms with Crippen molar-refractivity contribution in [3.8, 4) is 0 Å². The smallest absolute Gasteiger partial charge is 0.156 e. The average molecular weight is 242 g/mol. The molecule has 1 N–H and O–H groups in total. The van der Waals surface area contributed by atoms with E-state index in [4.69, 9.17) is 4.74 Å². The minimum atomic E-state index is 0.311. The predicted octanol–water partition coefficient (Wildman–Crippen LogP) is 2.27. The molecule has 1 saturated carbocycles. The Bertz CT molecular complexity index is 255. The third-order valence-corrected chi connectivity index (χ3v) is 4.32. The van der Waals surface area contributed by atoms with Crippen LogP contribution in [0.1, 0.15) is 33.1 Å². The topological polar surface area (TPSA) is 33.6 Å². The number of nitrogens with one attached hydrogen (secondary N) is 1. The van der Waals surface area contributed by atoms with Crippen LogP contribution in [0.5, 0.6) is 0 Å². The molecule has 2 atom stereocenters. The van der Waals surface area contributed by atoms with Gasteiger partial charge in [-0.05, 0) is 32.6 Å². The summed E-state index contributed by atoms with van der Waals surface area (Å²) in [5.74, 6) is 2.14. The van der Waals surface area contributed by atoms with Crippen LogP contribution in [0.2, 0.25) is 0 Å². The van der Waals surface area contributed by atoms with Crippen LogP contribution in [0.3, 0.4) is 0 Å². The van der Waals surface area contributed by atoms with Crippen molar-refractivity contribution < 1.29 is 4.74 Å². The maximum atomic E-state index is 5.48. The summed E-state index contributed by atoms with van der Waals surface area (Å²) in [7, 11) is 0. The summed E-state index contributed by atoms with van der Waals surface area (Å²) in [6.45, 7) is 5.64. The number of fused-ring (bicyclic) bond motifs is 1. The lowest BCUT2D eigenvalue weighted by Gasteiger charge is -2.28. The van der Waals surface area contributed by atoms with Gasteiger partial charge < -0.3 is 10.1 Å². The van der Waals surface area contributed by atoms with Crippen molar-refractivity contribution in [1.82, 2.24) is 5.32 Å². The third-order valence-electron chi connectivity index (χ3n) is 3.20. The summed E-state index contributed by atoms with van der Waals surface area (Å²) in [5.41, 5.74) is 0. The second-order valence-electron chi connectivity index (χ2n) is 4.86. The predicted molar refractivity (Wildman–Crippen MR) is 70.1 cm³/mol. The van der Waals surface area contributed by atoms with Crippen LogP contribution in [0.4, 0.5) is 0 Å². The van der Waals surface area contributed by atoms with Crippen LogP contribution in [0, 0.1) is 5.92 Å². The number of thioether (sulfide) groups is 1. The first kappa shape index (κ1) is 12.2. The number of hydrogen-bond donors (Lipinski definition) is 1. The number of aliphatic imine (C=N–C) groups is 1. The monoisotopic (exact) mass is 242 g/mol. The quantitative estimate of drug-likeness (QED) is 0.768. The fraction of sp³-hybridized carbons (Fsp3) is 0.917. The Hall–Kier alpha value is -0.220. The van der Waals surface area contributed by atoms with E-state index in [2.05, 4.69) is 24.2 Å². The van der Waals surface area contributed by atoms with Crippen molar-refractivity contribution in [3.05, 3.63) is 0 Å². The van der Waals surface area contributed by atoms with Crippen LogP contribution in [-0.4, -0.2) is 36.2 Å². The maximum Gasteiger partial charge on any atom is 0.156 e. The third kappa shape index (κ3) is 3.39. The fourth-order valence-electron chi connectivity index (χ4n) is 2.34. The number of amidine groups is 1. The van der Waals surface area contributed by atoms with Crippen LogP contribution >= 0.6 is 11.8 Å². The minimum Gasteiger partial charge on any atom is -0.377 e. The average Bonchev–Trinajstić information content (AvgIpc) is 2.71. The number of ether oxygens (including phenoxy) is 1. The van der Waals surface area contributed by atoms with Gasteiger partial charge in [0.25, 0.3) is 0 Å². The highest BCUT2D eigenvalue weighted by Gasteiger charge is 2.31. The lowest BCUT2D eigenvalue weighted by atomic mass is 10.1. The Kier molecular flexibility index (Phi) is 4.53. The zero-order valence-electron chi connectivity index (χ0n) is 10.2. The van der Waals surface area contributed by atoms with E-state index >= 15 is 0 Å². The van der Waals surface area contributed by atoms with Crippen LogP contribution in [-0.2, 0) is 4.74 Å². The zero-order chi connectivity index (χ0) is 11.4. The van der Waals surface area contributed by atoms with E-state index in [9.17, 15) is 0 Å². The molecule has 0 bridgehead atoms. The molecule has 0 aromatic rings. The second kappa shape index (κ2) is 5.92. The molecule has 2 unspecified atom stereocenters. The number of rotatable bonds is 4. The Labute approximate surface area is 102 Å². The molecule has 1 heterocycles. The molecule has 2 fully saturated rings. The molecular formula is C12H22N2OS. The van der Waals surface area contributed by atoms with E-state index in [0.717, 1.165) is 24.2 Å². The van der Waals surface area contributed by atoms with Crippen LogP contribution in [0.25, 0.3) is 0 Å². The summed E-state index contributed by atoms with van der Waals surface area (Å²) in [5, 5.41) is 4.70. The summed E-state index contributed by atoms with van der Waals surface area (Å²) in [6.07, 6.45) is 4.42. The van der Waals surface area contributed by atoms with Gasteiger partial charge in [0.1, 0.15) is 0 Å². The first-order valence-electron chi connectivity index (χ1n) is 6.31. The lowest BCUT2D eigenvalue weighted by Crippen LogP contribution is -2.41. The van der Waals surface area contributed by atoms with Crippen molar-refractivity contribution in [1.29, 1.82) is 0 Å². The molecule has 3 nitrogen and oxygen atoms in total. The van der Waals surface area contributed by atoms with Crippen molar-refractivity contribution in [3.63, 3.8) is 0 Å². The summed E-state index contributed by atoms with van der Waals surface area (Å²) in [4.78, 5) is 4.56. The first-order valence-corrected chi connectivity index (χ1v) is 7.29. The standard InChI is InChI=1S/C12H22N2OS/c1-9(2)15-7-6-13-12-14-11-5-3-4-10(11)8-16-12/h9-11H,3-8H2,1-2H3,(H,13,14). The van der Waals surface area contributed by atoms with Gasteiger partial charge in [-0.2, -0.15) is 0 Å². The molecule has 4 heteroatoms. The molecule has 2 aliphatic rings. The van der Waals surface area contributed by atoms with Gasteiger partial charge in [0.05, 0.1) is 19.3 Å². The minimum absolute atomic E-state index is 0.311. The normalized spacial score (nSPS) is 31.8. The molecule has 1 aliphatic carbocycles. The largest absolute Gasteiger partial charge is 0.377 e. The molecule has 0 radical (unpaired) electrons. The van der Waals surface area contributed by atoms with Gasteiger partial charge >= 0.3 is 0 Å². The van der Waals surface area contributed by atoms with E-state index in [1.54, 1.807) is 0 Å². The van der Waals surface area contributed by atoms with Crippen molar-refractivity contribution in [2.75, 3.05) is 18.9 Å². The Morgan fingerprint density at radius 2 is 2.38 bits per heavy atom. The second-order valence-corrected chi connectivity index (χ2v) is 5.87. The molecule has 0 spiro atoms. The van der Waals surface area contributed by atoms with Gasteiger partial charge in [0.2, 0.25) is 0 Å². The molecule has 1 aliphatic heterocycles. The van der Waals surface area contributed by atoms with E-state index in [1.807, 2.05) is 11.8 Å². The number of nitrogens with zero attached hydrogens (tertiary/aromatic N) is 1. The first-order chi connectivity index (χ1) is 7.75. The van der Waals surface area contributed by atoms with Crippen LogP contribution < -0.4 is 5.32 Å². The summed E-state index contributed by atoms with van der Waals surface area (Å²) in [6, 6.07) is 0.700. The summed E-state index contributed by atoms with van der Waals surface area (Å²) >= 11 is 1.88. The molecule has 92 valence electrons. The molecule has 0 aromatic heterocycles. The molecule has 1 saturated heterocycles.